The lowest BCUT2D eigenvalue weighted by atomic mass is 9.91. The van der Waals surface area contributed by atoms with Gasteiger partial charge in [0, 0.05) is 17.7 Å². The second-order valence-electron chi connectivity index (χ2n) is 7.86. The van der Waals surface area contributed by atoms with Crippen LogP contribution in [0.3, 0.4) is 0 Å². The molecular weight excluding hydrogens is 282 g/mol. The predicted molar refractivity (Wildman–Crippen MR) is 95.7 cm³/mol. The van der Waals surface area contributed by atoms with Crippen LogP contribution < -0.4 is 0 Å². The number of benzene rings is 1. The molecule has 1 aromatic carbocycles. The molecule has 3 heteroatoms. The van der Waals surface area contributed by atoms with Gasteiger partial charge in [-0.15, -0.1) is 0 Å². The van der Waals surface area contributed by atoms with Crippen molar-refractivity contribution in [1.29, 1.82) is 0 Å². The summed E-state index contributed by atoms with van der Waals surface area (Å²) in [7, 11) is 0. The molecule has 1 unspecified atom stereocenters. The van der Waals surface area contributed by atoms with Crippen LogP contribution in [0.5, 0.6) is 0 Å². The smallest absolute Gasteiger partial charge is 0.148 e. The highest BCUT2D eigenvalue weighted by molar-refractivity contribution is 5.92. The summed E-state index contributed by atoms with van der Waals surface area (Å²) in [5, 5.41) is 1.14. The molecule has 0 amide bonds. The van der Waals surface area contributed by atoms with Crippen LogP contribution in [0.1, 0.15) is 57.2 Å². The first-order valence-electron chi connectivity index (χ1n) is 8.40. The summed E-state index contributed by atoms with van der Waals surface area (Å²) in [5.74, 6) is 1.58. The van der Waals surface area contributed by atoms with Crippen molar-refractivity contribution in [3.8, 4) is 0 Å². The van der Waals surface area contributed by atoms with Crippen molar-refractivity contribution >= 4 is 22.6 Å². The maximum Gasteiger partial charge on any atom is 0.148 e. The monoisotopic (exact) mass is 305 g/mol. The van der Waals surface area contributed by atoms with Gasteiger partial charge in [0.25, 0.3) is 0 Å². The number of aromatic nitrogens is 3. The van der Waals surface area contributed by atoms with Crippen LogP contribution in [0.4, 0.5) is 0 Å². The minimum atomic E-state index is 0.184. The fourth-order valence-electron chi connectivity index (χ4n) is 3.45. The molecule has 4 rings (SSSR count). The number of nitrogens with zero attached hydrogens (tertiary/aromatic N) is 3. The van der Waals surface area contributed by atoms with Gasteiger partial charge in [-0.1, -0.05) is 45.9 Å². The van der Waals surface area contributed by atoms with Gasteiger partial charge in [-0.25, -0.2) is 9.97 Å². The summed E-state index contributed by atoms with van der Waals surface area (Å²) >= 11 is 0. The highest BCUT2D eigenvalue weighted by atomic mass is 15.1. The summed E-state index contributed by atoms with van der Waals surface area (Å²) in [6.07, 6.45) is 6.48. The van der Waals surface area contributed by atoms with E-state index >= 15 is 0 Å². The van der Waals surface area contributed by atoms with Crippen molar-refractivity contribution < 1.29 is 0 Å². The van der Waals surface area contributed by atoms with E-state index in [4.69, 9.17) is 9.97 Å². The van der Waals surface area contributed by atoms with E-state index in [1.54, 1.807) is 0 Å². The second kappa shape index (κ2) is 4.92. The third-order valence-corrected chi connectivity index (χ3v) is 4.51. The molecule has 1 aliphatic rings. The Labute approximate surface area is 137 Å². The predicted octanol–water partition coefficient (Wildman–Crippen LogP) is 4.99. The molecule has 0 bridgehead atoms. The SMILES string of the molecule is CC1CC=Cc2c1nc1c3ccccc3nc(CC(C)(C)C)n21. The molecule has 2 aromatic heterocycles. The summed E-state index contributed by atoms with van der Waals surface area (Å²) in [6, 6.07) is 8.35. The number of imidazole rings is 1. The molecule has 0 radical (unpaired) electrons. The quantitative estimate of drug-likeness (QED) is 0.634. The Balaban J connectivity index is 2.12. The Morgan fingerprint density at radius 1 is 1.17 bits per heavy atom. The molecule has 118 valence electrons. The van der Waals surface area contributed by atoms with E-state index in [9.17, 15) is 0 Å². The molecule has 0 fully saturated rings. The van der Waals surface area contributed by atoms with Crippen LogP contribution in [0.25, 0.3) is 22.6 Å². The summed E-state index contributed by atoms with van der Waals surface area (Å²) in [6.45, 7) is 9.04. The Kier molecular flexibility index (Phi) is 3.09. The topological polar surface area (TPSA) is 30.2 Å². The fraction of sp³-hybridized carbons (Fsp3) is 0.400. The average Bonchev–Trinajstić information content (AvgIpc) is 2.87. The second-order valence-corrected chi connectivity index (χ2v) is 7.86. The highest BCUT2D eigenvalue weighted by Crippen LogP contribution is 2.33. The first-order chi connectivity index (χ1) is 10.9. The molecule has 1 aliphatic carbocycles. The van der Waals surface area contributed by atoms with E-state index in [0.29, 0.717) is 5.92 Å². The Hall–Kier alpha value is -2.16. The van der Waals surface area contributed by atoms with E-state index in [1.807, 2.05) is 0 Å². The van der Waals surface area contributed by atoms with Gasteiger partial charge in [-0.2, -0.15) is 0 Å². The van der Waals surface area contributed by atoms with Crippen molar-refractivity contribution in [2.45, 2.75) is 46.5 Å². The standard InChI is InChI=1S/C20H23N3/c1-13-8-7-11-16-18(13)22-19-14-9-5-6-10-15(14)21-17(23(16)19)12-20(2,3)4/h5-7,9-11,13H,8,12H2,1-4H3. The van der Waals surface area contributed by atoms with Crippen LogP contribution >= 0.6 is 0 Å². The Morgan fingerprint density at radius 2 is 1.96 bits per heavy atom. The summed E-state index contributed by atoms with van der Waals surface area (Å²) in [5.41, 5.74) is 4.71. The minimum absolute atomic E-state index is 0.184. The van der Waals surface area contributed by atoms with E-state index < -0.39 is 0 Å². The van der Waals surface area contributed by atoms with Gasteiger partial charge in [0.1, 0.15) is 11.5 Å². The molecule has 2 heterocycles. The molecular formula is C20H23N3. The van der Waals surface area contributed by atoms with Gasteiger partial charge in [0.2, 0.25) is 0 Å². The molecule has 3 nitrogen and oxygen atoms in total. The largest absolute Gasteiger partial charge is 0.280 e. The van der Waals surface area contributed by atoms with E-state index in [0.717, 1.165) is 35.2 Å². The number of allylic oxidation sites excluding steroid dienone is 1. The normalized spacial score (nSPS) is 17.8. The molecule has 3 aromatic rings. The van der Waals surface area contributed by atoms with E-state index in [2.05, 4.69) is 68.5 Å². The highest BCUT2D eigenvalue weighted by Gasteiger charge is 2.24. The zero-order chi connectivity index (χ0) is 16.2. The summed E-state index contributed by atoms with van der Waals surface area (Å²) in [4.78, 5) is 10.0. The van der Waals surface area contributed by atoms with Gasteiger partial charge in [0.15, 0.2) is 0 Å². The van der Waals surface area contributed by atoms with E-state index in [-0.39, 0.29) is 5.41 Å². The Morgan fingerprint density at radius 3 is 2.74 bits per heavy atom. The van der Waals surface area contributed by atoms with Crippen LogP contribution in [0.2, 0.25) is 0 Å². The van der Waals surface area contributed by atoms with Crippen LogP contribution in [-0.4, -0.2) is 14.4 Å². The number of fused-ring (bicyclic) bond motifs is 5. The Bertz CT molecular complexity index is 925. The maximum absolute atomic E-state index is 5.02. The number of hydrogen-bond donors (Lipinski definition) is 0. The number of hydrogen-bond acceptors (Lipinski definition) is 2. The first kappa shape index (κ1) is 14.4. The van der Waals surface area contributed by atoms with E-state index in [1.165, 1.54) is 11.4 Å². The van der Waals surface area contributed by atoms with Crippen LogP contribution in [0, 0.1) is 5.41 Å². The third-order valence-electron chi connectivity index (χ3n) is 4.51. The van der Waals surface area contributed by atoms with Gasteiger partial charge in [-0.05, 0) is 30.0 Å². The lowest BCUT2D eigenvalue weighted by molar-refractivity contribution is 0.399. The van der Waals surface area contributed by atoms with Crippen LogP contribution in [-0.2, 0) is 6.42 Å². The fourth-order valence-corrected chi connectivity index (χ4v) is 3.45. The van der Waals surface area contributed by atoms with Crippen molar-refractivity contribution in [2.24, 2.45) is 5.41 Å². The van der Waals surface area contributed by atoms with Crippen molar-refractivity contribution in [2.75, 3.05) is 0 Å². The van der Waals surface area contributed by atoms with Crippen molar-refractivity contribution in [3.05, 3.63) is 47.6 Å². The molecule has 0 aliphatic heterocycles. The van der Waals surface area contributed by atoms with Gasteiger partial charge in [0.05, 0.1) is 16.9 Å². The average molecular weight is 305 g/mol. The molecule has 1 atom stereocenters. The maximum atomic E-state index is 5.02. The number of para-hydroxylation sites is 1. The molecule has 0 saturated carbocycles. The third kappa shape index (κ3) is 2.35. The zero-order valence-corrected chi connectivity index (χ0v) is 14.3. The van der Waals surface area contributed by atoms with Crippen molar-refractivity contribution in [1.82, 2.24) is 14.4 Å². The van der Waals surface area contributed by atoms with Gasteiger partial charge >= 0.3 is 0 Å². The number of rotatable bonds is 1. The molecule has 0 spiro atoms. The lowest BCUT2D eigenvalue weighted by Gasteiger charge is -2.20. The molecule has 23 heavy (non-hydrogen) atoms. The minimum Gasteiger partial charge on any atom is -0.280 e. The first-order valence-corrected chi connectivity index (χ1v) is 8.40. The molecule has 0 saturated heterocycles. The van der Waals surface area contributed by atoms with Gasteiger partial charge in [-0.3, -0.25) is 4.40 Å². The molecule has 0 N–H and O–H groups in total. The van der Waals surface area contributed by atoms with Crippen molar-refractivity contribution in [3.63, 3.8) is 0 Å². The lowest BCUT2D eigenvalue weighted by Crippen LogP contribution is -2.15. The van der Waals surface area contributed by atoms with Crippen LogP contribution in [0.15, 0.2) is 30.3 Å². The zero-order valence-electron chi connectivity index (χ0n) is 14.3. The summed E-state index contributed by atoms with van der Waals surface area (Å²) < 4.78 is 2.29. The van der Waals surface area contributed by atoms with Gasteiger partial charge < -0.3 is 0 Å².